The number of nitrogens with one attached hydrogen (secondary N) is 1. The van der Waals surface area contributed by atoms with Crippen LogP contribution in [-0.4, -0.2) is 36.5 Å². The average Bonchev–Trinajstić information content (AvgIpc) is 2.67. The number of anilines is 2. The van der Waals surface area contributed by atoms with Crippen LogP contribution < -0.4 is 15.0 Å². The van der Waals surface area contributed by atoms with Gasteiger partial charge in [-0.25, -0.2) is 0 Å². The molecule has 144 valence electrons. The van der Waals surface area contributed by atoms with E-state index in [1.54, 1.807) is 48.5 Å². The number of nitro groups is 1. The van der Waals surface area contributed by atoms with Crippen LogP contribution in [0.3, 0.4) is 0 Å². The summed E-state index contributed by atoms with van der Waals surface area (Å²) in [6, 6.07) is 9.65. The van der Waals surface area contributed by atoms with E-state index >= 15 is 0 Å². The highest BCUT2D eigenvalue weighted by Crippen LogP contribution is 2.32. The van der Waals surface area contributed by atoms with Gasteiger partial charge in [0.05, 0.1) is 29.7 Å². The van der Waals surface area contributed by atoms with Crippen molar-refractivity contribution in [3.63, 3.8) is 0 Å². The second-order valence-electron chi connectivity index (χ2n) is 6.03. The summed E-state index contributed by atoms with van der Waals surface area (Å²) in [6.07, 6.45) is 3.00. The first-order valence-electron chi connectivity index (χ1n) is 8.26. The van der Waals surface area contributed by atoms with Gasteiger partial charge in [-0.2, -0.15) is 0 Å². The fraction of sp³-hybridized carbons (Fsp3) is 0.158. The SMILES string of the molecule is COc1ccc(Cl)cc1NC(=O)CN(C)c1ccc([N+](=O)[O-])c2cnccc12. The van der Waals surface area contributed by atoms with Gasteiger partial charge in [-0.05, 0) is 30.3 Å². The second kappa shape index (κ2) is 8.10. The van der Waals surface area contributed by atoms with Gasteiger partial charge in [-0.1, -0.05) is 11.6 Å². The molecule has 0 aliphatic carbocycles. The Balaban J connectivity index is 1.85. The fourth-order valence-electron chi connectivity index (χ4n) is 2.92. The smallest absolute Gasteiger partial charge is 0.278 e. The summed E-state index contributed by atoms with van der Waals surface area (Å²) in [4.78, 5) is 29.0. The predicted octanol–water partition coefficient (Wildman–Crippen LogP) is 3.88. The number of amides is 1. The Labute approximate surface area is 165 Å². The van der Waals surface area contributed by atoms with Crippen LogP contribution in [0.25, 0.3) is 10.8 Å². The first kappa shape index (κ1) is 19.4. The number of nitrogens with zero attached hydrogens (tertiary/aromatic N) is 3. The molecule has 28 heavy (non-hydrogen) atoms. The van der Waals surface area contributed by atoms with E-state index in [2.05, 4.69) is 10.3 Å². The van der Waals surface area contributed by atoms with E-state index in [1.807, 2.05) is 0 Å². The summed E-state index contributed by atoms with van der Waals surface area (Å²) in [5, 5.41) is 15.5. The number of pyridine rings is 1. The van der Waals surface area contributed by atoms with Gasteiger partial charge in [0.25, 0.3) is 5.69 Å². The maximum Gasteiger partial charge on any atom is 0.278 e. The fourth-order valence-corrected chi connectivity index (χ4v) is 3.09. The summed E-state index contributed by atoms with van der Waals surface area (Å²) in [5.74, 6) is 0.205. The lowest BCUT2D eigenvalue weighted by molar-refractivity contribution is -0.383. The van der Waals surface area contributed by atoms with Crippen molar-refractivity contribution < 1.29 is 14.5 Å². The molecule has 0 atom stereocenters. The van der Waals surface area contributed by atoms with Crippen LogP contribution in [0.2, 0.25) is 5.02 Å². The van der Waals surface area contributed by atoms with Gasteiger partial charge < -0.3 is 15.0 Å². The van der Waals surface area contributed by atoms with Crippen molar-refractivity contribution in [1.29, 1.82) is 0 Å². The Kier molecular flexibility index (Phi) is 5.60. The number of hydrogen-bond acceptors (Lipinski definition) is 6. The minimum Gasteiger partial charge on any atom is -0.495 e. The zero-order valence-corrected chi connectivity index (χ0v) is 15.9. The topological polar surface area (TPSA) is 97.6 Å². The van der Waals surface area contributed by atoms with Gasteiger partial charge in [0.15, 0.2) is 0 Å². The van der Waals surface area contributed by atoms with Crippen molar-refractivity contribution in [1.82, 2.24) is 4.98 Å². The van der Waals surface area contributed by atoms with Crippen molar-refractivity contribution in [3.05, 3.63) is 63.9 Å². The van der Waals surface area contributed by atoms with E-state index in [4.69, 9.17) is 16.3 Å². The molecule has 0 aliphatic rings. The highest BCUT2D eigenvalue weighted by Gasteiger charge is 2.18. The number of likely N-dealkylation sites (N-methyl/N-ethyl adjacent to an activating group) is 1. The van der Waals surface area contributed by atoms with Gasteiger partial charge in [-0.3, -0.25) is 19.9 Å². The number of nitro benzene ring substituents is 1. The maximum atomic E-state index is 12.5. The number of carbonyl (C=O) groups is 1. The summed E-state index contributed by atoms with van der Waals surface area (Å²) in [7, 11) is 3.23. The molecule has 2 aromatic carbocycles. The highest BCUT2D eigenvalue weighted by atomic mass is 35.5. The Bertz CT molecular complexity index is 1060. The molecule has 0 saturated carbocycles. The van der Waals surface area contributed by atoms with Crippen molar-refractivity contribution in [2.75, 3.05) is 30.9 Å². The van der Waals surface area contributed by atoms with Crippen LogP contribution >= 0.6 is 11.6 Å². The number of fused-ring (bicyclic) bond motifs is 1. The predicted molar refractivity (Wildman–Crippen MR) is 108 cm³/mol. The van der Waals surface area contributed by atoms with Crippen LogP contribution in [0.15, 0.2) is 48.8 Å². The third kappa shape index (κ3) is 3.96. The molecule has 1 aromatic heterocycles. The minimum absolute atomic E-state index is 0.0188. The largest absolute Gasteiger partial charge is 0.495 e. The van der Waals surface area contributed by atoms with Gasteiger partial charge in [0.1, 0.15) is 5.75 Å². The molecule has 1 N–H and O–H groups in total. The van der Waals surface area contributed by atoms with Gasteiger partial charge in [-0.15, -0.1) is 0 Å². The Hall–Kier alpha value is -3.39. The number of carbonyl (C=O) groups excluding carboxylic acids is 1. The van der Waals surface area contributed by atoms with E-state index in [0.717, 1.165) is 0 Å². The number of non-ortho nitro benzene ring substituents is 1. The third-order valence-electron chi connectivity index (χ3n) is 4.20. The van der Waals surface area contributed by atoms with Crippen LogP contribution in [-0.2, 0) is 4.79 Å². The van der Waals surface area contributed by atoms with Crippen molar-refractivity contribution >= 4 is 45.3 Å². The first-order chi connectivity index (χ1) is 13.4. The lowest BCUT2D eigenvalue weighted by atomic mass is 10.1. The molecule has 3 rings (SSSR count). The molecule has 0 fully saturated rings. The molecule has 8 nitrogen and oxygen atoms in total. The standard InChI is InChI=1S/C19H17ClN4O4/c1-23(11-19(25)22-15-9-12(20)3-6-18(15)28-2)16-4-5-17(24(26)27)14-10-21-8-7-13(14)16/h3-10H,11H2,1-2H3,(H,22,25). The third-order valence-corrected chi connectivity index (χ3v) is 4.43. The molecular weight excluding hydrogens is 384 g/mol. The van der Waals surface area contributed by atoms with E-state index < -0.39 is 4.92 Å². The highest BCUT2D eigenvalue weighted by molar-refractivity contribution is 6.31. The molecule has 0 spiro atoms. The van der Waals surface area contributed by atoms with Gasteiger partial charge in [0.2, 0.25) is 5.91 Å². The lowest BCUT2D eigenvalue weighted by Crippen LogP contribution is -2.30. The minimum atomic E-state index is -0.452. The lowest BCUT2D eigenvalue weighted by Gasteiger charge is -2.21. The number of ether oxygens (including phenoxy) is 1. The average molecular weight is 401 g/mol. The van der Waals surface area contributed by atoms with Crippen LogP contribution in [0, 0.1) is 10.1 Å². The number of methoxy groups -OCH3 is 1. The molecule has 9 heteroatoms. The molecule has 0 radical (unpaired) electrons. The zero-order chi connectivity index (χ0) is 20.3. The summed E-state index contributed by atoms with van der Waals surface area (Å²) in [6.45, 7) is 0.0188. The Morgan fingerprint density at radius 2 is 2.07 bits per heavy atom. The van der Waals surface area contributed by atoms with Crippen molar-refractivity contribution in [2.24, 2.45) is 0 Å². The van der Waals surface area contributed by atoms with Crippen molar-refractivity contribution in [3.8, 4) is 5.75 Å². The van der Waals surface area contributed by atoms with Crippen molar-refractivity contribution in [2.45, 2.75) is 0 Å². The Morgan fingerprint density at radius 3 is 2.79 bits per heavy atom. The molecule has 3 aromatic rings. The number of aromatic nitrogens is 1. The monoisotopic (exact) mass is 400 g/mol. The Morgan fingerprint density at radius 1 is 1.29 bits per heavy atom. The first-order valence-corrected chi connectivity index (χ1v) is 8.64. The number of rotatable bonds is 6. The van der Waals surface area contributed by atoms with Crippen LogP contribution in [0.5, 0.6) is 5.75 Å². The summed E-state index contributed by atoms with van der Waals surface area (Å²) in [5.41, 5.74) is 1.11. The molecular formula is C19H17ClN4O4. The normalized spacial score (nSPS) is 10.5. The van der Waals surface area contributed by atoms with E-state index in [1.165, 1.54) is 19.4 Å². The van der Waals surface area contributed by atoms with E-state index in [0.29, 0.717) is 32.9 Å². The molecule has 1 heterocycles. The summed E-state index contributed by atoms with van der Waals surface area (Å²) < 4.78 is 5.23. The van der Waals surface area contributed by atoms with E-state index in [9.17, 15) is 14.9 Å². The molecule has 0 saturated heterocycles. The number of halogens is 1. The van der Waals surface area contributed by atoms with Gasteiger partial charge in [0, 0.05) is 41.6 Å². The molecule has 1 amide bonds. The summed E-state index contributed by atoms with van der Waals surface area (Å²) >= 11 is 5.99. The maximum absolute atomic E-state index is 12.5. The molecule has 0 bridgehead atoms. The number of benzene rings is 2. The molecule has 0 aliphatic heterocycles. The van der Waals surface area contributed by atoms with E-state index in [-0.39, 0.29) is 18.1 Å². The quantitative estimate of drug-likeness (QED) is 0.498. The van der Waals surface area contributed by atoms with Crippen LogP contribution in [0.1, 0.15) is 0 Å². The second-order valence-corrected chi connectivity index (χ2v) is 6.47. The molecule has 0 unspecified atom stereocenters. The van der Waals surface area contributed by atoms with Gasteiger partial charge >= 0.3 is 0 Å². The zero-order valence-electron chi connectivity index (χ0n) is 15.2. The van der Waals surface area contributed by atoms with Crippen LogP contribution in [0.4, 0.5) is 17.1 Å². The number of hydrogen-bond donors (Lipinski definition) is 1.